The molecule has 2 heterocycles. The molecule has 0 unspecified atom stereocenters. The number of fused-ring (bicyclic) bond motifs is 1. The highest BCUT2D eigenvalue weighted by atomic mass is 32.2. The van der Waals surface area contributed by atoms with Crippen LogP contribution in [0.2, 0.25) is 0 Å². The van der Waals surface area contributed by atoms with Gasteiger partial charge >= 0.3 is 5.97 Å². The zero-order valence-corrected chi connectivity index (χ0v) is 20.4. The van der Waals surface area contributed by atoms with Gasteiger partial charge in [-0.2, -0.15) is 0 Å². The lowest BCUT2D eigenvalue weighted by Gasteiger charge is -2.32. The van der Waals surface area contributed by atoms with E-state index in [0.29, 0.717) is 6.42 Å². The number of amides is 2. The molecule has 10 nitrogen and oxygen atoms in total. The van der Waals surface area contributed by atoms with Crippen LogP contribution in [-0.2, 0) is 19.6 Å². The number of benzene rings is 1. The topological polar surface area (TPSA) is 116 Å². The number of likely N-dealkylation sites (N-methyl/N-ethyl adjacent to an activating group) is 1. The summed E-state index contributed by atoms with van der Waals surface area (Å²) in [7, 11) is -1.77. The van der Waals surface area contributed by atoms with E-state index in [1.54, 1.807) is 20.8 Å². The van der Waals surface area contributed by atoms with E-state index in [4.69, 9.17) is 4.74 Å². The third kappa shape index (κ3) is 6.38. The summed E-state index contributed by atoms with van der Waals surface area (Å²) in [6.45, 7) is 9.51. The molecule has 2 amide bonds. The van der Waals surface area contributed by atoms with Crippen molar-refractivity contribution in [2.45, 2.75) is 37.7 Å². The highest BCUT2D eigenvalue weighted by Crippen LogP contribution is 2.26. The number of sulfonamides is 1. The second kappa shape index (κ2) is 9.88. The second-order valence-corrected chi connectivity index (χ2v) is 11.2. The van der Waals surface area contributed by atoms with Crippen molar-refractivity contribution in [2.24, 2.45) is 0 Å². The van der Waals surface area contributed by atoms with Gasteiger partial charge in [0.05, 0.1) is 16.0 Å². The van der Waals surface area contributed by atoms with Crippen LogP contribution in [0.25, 0.3) is 0 Å². The molecule has 182 valence electrons. The summed E-state index contributed by atoms with van der Waals surface area (Å²) in [4.78, 5) is 42.6. The Morgan fingerprint density at radius 1 is 1.06 bits per heavy atom. The van der Waals surface area contributed by atoms with Crippen molar-refractivity contribution in [1.82, 2.24) is 19.4 Å². The van der Waals surface area contributed by atoms with Gasteiger partial charge in [-0.3, -0.25) is 19.3 Å². The zero-order valence-electron chi connectivity index (χ0n) is 19.6. The van der Waals surface area contributed by atoms with E-state index in [2.05, 4.69) is 21.6 Å². The molecular weight excluding hydrogens is 448 g/mol. The van der Waals surface area contributed by atoms with Crippen LogP contribution in [0.5, 0.6) is 0 Å². The van der Waals surface area contributed by atoms with E-state index in [0.717, 1.165) is 37.6 Å². The number of hydrogen-bond acceptors (Lipinski definition) is 8. The largest absolute Gasteiger partial charge is 0.459 e. The zero-order chi connectivity index (χ0) is 24.4. The Morgan fingerprint density at radius 2 is 1.70 bits per heavy atom. The molecule has 0 bridgehead atoms. The van der Waals surface area contributed by atoms with Crippen molar-refractivity contribution in [3.63, 3.8) is 0 Å². The van der Waals surface area contributed by atoms with Crippen LogP contribution in [0.15, 0.2) is 23.1 Å². The maximum absolute atomic E-state index is 12.7. The van der Waals surface area contributed by atoms with Crippen molar-refractivity contribution in [1.29, 1.82) is 0 Å². The lowest BCUT2D eigenvalue weighted by Crippen LogP contribution is -2.45. The first-order valence-corrected chi connectivity index (χ1v) is 12.5. The van der Waals surface area contributed by atoms with Crippen LogP contribution in [0, 0.1) is 0 Å². The molecule has 1 saturated heterocycles. The lowest BCUT2D eigenvalue weighted by molar-refractivity contribution is -0.155. The molecule has 0 aliphatic carbocycles. The minimum atomic E-state index is -3.85. The molecule has 11 heteroatoms. The van der Waals surface area contributed by atoms with E-state index in [-0.39, 0.29) is 22.6 Å². The highest BCUT2D eigenvalue weighted by molar-refractivity contribution is 7.89. The highest BCUT2D eigenvalue weighted by Gasteiger charge is 2.38. The van der Waals surface area contributed by atoms with Crippen LogP contribution >= 0.6 is 0 Å². The summed E-state index contributed by atoms with van der Waals surface area (Å²) in [5.41, 5.74) is -0.728. The van der Waals surface area contributed by atoms with E-state index < -0.39 is 40.0 Å². The maximum Gasteiger partial charge on any atom is 0.326 e. The molecule has 0 saturated carbocycles. The average Bonchev–Trinajstić information content (AvgIpc) is 2.95. The molecule has 0 spiro atoms. The van der Waals surface area contributed by atoms with Crippen LogP contribution < -0.4 is 4.72 Å². The number of imide groups is 1. The average molecular weight is 481 g/mol. The van der Waals surface area contributed by atoms with E-state index in [1.165, 1.54) is 18.2 Å². The second-order valence-electron chi connectivity index (χ2n) is 9.39. The summed E-state index contributed by atoms with van der Waals surface area (Å²) >= 11 is 0. The Bertz CT molecular complexity index is 1030. The van der Waals surface area contributed by atoms with Gasteiger partial charge in [0.25, 0.3) is 11.8 Å². The summed E-state index contributed by atoms with van der Waals surface area (Å²) in [5.74, 6) is -2.08. The lowest BCUT2D eigenvalue weighted by atomic mass is 10.1. The first-order chi connectivity index (χ1) is 15.4. The molecule has 3 rings (SSSR count). The Labute approximate surface area is 194 Å². The van der Waals surface area contributed by atoms with Crippen molar-refractivity contribution >= 4 is 27.8 Å². The predicted octanol–water partition coefficient (Wildman–Crippen LogP) is 0.540. The number of ether oxygens (including phenoxy) is 1. The number of rotatable bonds is 8. The molecule has 1 aromatic rings. The van der Waals surface area contributed by atoms with Crippen molar-refractivity contribution < 1.29 is 27.5 Å². The monoisotopic (exact) mass is 480 g/mol. The van der Waals surface area contributed by atoms with Gasteiger partial charge in [0.15, 0.2) is 0 Å². The number of esters is 1. The van der Waals surface area contributed by atoms with Gasteiger partial charge in [-0.1, -0.05) is 0 Å². The van der Waals surface area contributed by atoms with Gasteiger partial charge in [-0.15, -0.1) is 0 Å². The molecule has 1 aromatic carbocycles. The fraction of sp³-hybridized carbons (Fsp3) is 0.591. The summed E-state index contributed by atoms with van der Waals surface area (Å²) in [5, 5.41) is 0. The van der Waals surface area contributed by atoms with E-state index >= 15 is 0 Å². The fourth-order valence-electron chi connectivity index (χ4n) is 3.75. The molecule has 0 atom stereocenters. The van der Waals surface area contributed by atoms with E-state index in [1.807, 2.05) is 0 Å². The van der Waals surface area contributed by atoms with Crippen molar-refractivity contribution in [3.05, 3.63) is 29.3 Å². The quantitative estimate of drug-likeness (QED) is 0.326. The Balaban J connectivity index is 1.60. The Kier molecular flexibility index (Phi) is 7.57. The predicted molar refractivity (Wildman–Crippen MR) is 121 cm³/mol. The van der Waals surface area contributed by atoms with Gasteiger partial charge in [0.1, 0.15) is 12.1 Å². The molecule has 1 fully saturated rings. The number of carbonyl (C=O) groups is 3. The van der Waals surface area contributed by atoms with Crippen LogP contribution in [0.4, 0.5) is 0 Å². The van der Waals surface area contributed by atoms with Gasteiger partial charge < -0.3 is 14.5 Å². The molecule has 1 N–H and O–H groups in total. The van der Waals surface area contributed by atoms with Crippen molar-refractivity contribution in [2.75, 3.05) is 52.9 Å². The molecule has 2 aliphatic heterocycles. The van der Waals surface area contributed by atoms with Gasteiger partial charge in [0, 0.05) is 32.7 Å². The van der Waals surface area contributed by atoms with E-state index in [9.17, 15) is 22.8 Å². The third-order valence-corrected chi connectivity index (χ3v) is 6.96. The van der Waals surface area contributed by atoms with Gasteiger partial charge in [0.2, 0.25) is 10.0 Å². The summed E-state index contributed by atoms with van der Waals surface area (Å²) in [6, 6.07) is 3.79. The standard InChI is InChI=1S/C22H32N4O6S/c1-22(2,3)32-19(27)15-26-20(28)17-7-6-16(14-18(17)21(26)29)33(30,31)23-8-5-9-25-12-10-24(4)11-13-25/h6-7,14,23H,5,8-13,15H2,1-4H3. The fourth-order valence-corrected chi connectivity index (χ4v) is 4.85. The molecule has 0 radical (unpaired) electrons. The smallest absolute Gasteiger partial charge is 0.326 e. The minimum Gasteiger partial charge on any atom is -0.459 e. The Morgan fingerprint density at radius 3 is 2.33 bits per heavy atom. The summed E-state index contributed by atoms with van der Waals surface area (Å²) in [6.07, 6.45) is 0.662. The number of nitrogens with one attached hydrogen (secondary N) is 1. The Hall–Kier alpha value is -2.34. The number of carbonyl (C=O) groups excluding carboxylic acids is 3. The normalized spacial score (nSPS) is 18.0. The molecular formula is C22H32N4O6S. The molecule has 2 aliphatic rings. The third-order valence-electron chi connectivity index (χ3n) is 5.50. The summed E-state index contributed by atoms with van der Waals surface area (Å²) < 4.78 is 33.2. The first kappa shape index (κ1) is 25.3. The SMILES string of the molecule is CN1CCN(CCCNS(=O)(=O)c2ccc3c(c2)C(=O)N(CC(=O)OC(C)(C)C)C3=O)CC1. The van der Waals surface area contributed by atoms with Crippen LogP contribution in [0.1, 0.15) is 47.9 Å². The first-order valence-electron chi connectivity index (χ1n) is 11.0. The number of nitrogens with zero attached hydrogens (tertiary/aromatic N) is 3. The minimum absolute atomic E-state index is 0.0381. The maximum atomic E-state index is 12.7. The number of piperazine rings is 1. The molecule has 0 aromatic heterocycles. The molecule has 33 heavy (non-hydrogen) atoms. The number of hydrogen-bond donors (Lipinski definition) is 1. The van der Waals surface area contributed by atoms with Crippen LogP contribution in [-0.4, -0.2) is 99.4 Å². The van der Waals surface area contributed by atoms with Gasteiger partial charge in [-0.05, 0) is 59.0 Å². The van der Waals surface area contributed by atoms with Crippen molar-refractivity contribution in [3.8, 4) is 0 Å². The van der Waals surface area contributed by atoms with Gasteiger partial charge in [-0.25, -0.2) is 13.1 Å². The van der Waals surface area contributed by atoms with Crippen LogP contribution in [0.3, 0.4) is 0 Å².